The minimum atomic E-state index is -1.25. The molecular weight excluding hydrogens is 833 g/mol. The fourth-order valence-electron chi connectivity index (χ4n) is 8.19. The number of likely N-dealkylation sites (N-methyl/N-ethyl adjacent to an activating group) is 4. The van der Waals surface area contributed by atoms with E-state index in [1.165, 1.54) is 47.8 Å². The monoisotopic (exact) mass is 905 g/mol. The molecule has 0 aliphatic carbocycles. The maximum absolute atomic E-state index is 13.7. The summed E-state index contributed by atoms with van der Waals surface area (Å²) in [6.07, 6.45) is 4.03. The molecule has 22 heteroatoms. The third-order valence-electron chi connectivity index (χ3n) is 12.8. The molecule has 3 fully saturated rings. The number of nitrogens with one attached hydrogen (secondary N) is 4. The van der Waals surface area contributed by atoms with Crippen LogP contribution in [0.4, 0.5) is 0 Å². The van der Waals surface area contributed by atoms with Crippen molar-refractivity contribution in [3.63, 3.8) is 0 Å². The highest BCUT2D eigenvalue weighted by Gasteiger charge is 2.39. The van der Waals surface area contributed by atoms with Crippen molar-refractivity contribution in [3.05, 3.63) is 0 Å². The van der Waals surface area contributed by atoms with E-state index in [1.807, 2.05) is 13.8 Å². The van der Waals surface area contributed by atoms with Crippen molar-refractivity contribution in [2.45, 2.75) is 115 Å². The molecule has 3 aliphatic heterocycles. The number of piperidine rings is 2. The summed E-state index contributed by atoms with van der Waals surface area (Å²) in [5.41, 5.74) is 12.6. The molecular formula is C42H72N12O10. The number of rotatable bonds is 4. The Bertz CT molecular complexity index is 1610. The molecule has 0 spiro atoms. The molecule has 0 unspecified atom stereocenters. The third-order valence-corrected chi connectivity index (χ3v) is 12.8. The Labute approximate surface area is 376 Å². The molecule has 3 rings (SSSR count). The van der Waals surface area contributed by atoms with Crippen LogP contribution in [0.1, 0.15) is 79.1 Å². The van der Waals surface area contributed by atoms with Gasteiger partial charge in [0, 0.05) is 54.4 Å². The summed E-state index contributed by atoms with van der Waals surface area (Å²) >= 11 is 0. The van der Waals surface area contributed by atoms with Gasteiger partial charge in [0.2, 0.25) is 59.1 Å². The van der Waals surface area contributed by atoms with Gasteiger partial charge in [0.1, 0.15) is 36.3 Å². The smallest absolute Gasteiger partial charge is 0.243 e. The number of amides is 10. The minimum absolute atomic E-state index is 0.210. The van der Waals surface area contributed by atoms with E-state index < -0.39 is 122 Å². The minimum Gasteiger partial charge on any atom is -0.352 e. The van der Waals surface area contributed by atoms with Crippen molar-refractivity contribution in [1.82, 2.24) is 50.7 Å². The van der Waals surface area contributed by atoms with E-state index in [0.29, 0.717) is 51.4 Å². The van der Waals surface area contributed by atoms with Gasteiger partial charge in [-0.15, -0.1) is 0 Å². The first-order valence-corrected chi connectivity index (χ1v) is 22.4. The molecule has 0 aromatic heterocycles. The van der Waals surface area contributed by atoms with E-state index in [9.17, 15) is 47.9 Å². The first kappa shape index (κ1) is 53.0. The Morgan fingerprint density at radius 2 is 0.859 bits per heavy atom. The zero-order valence-electron chi connectivity index (χ0n) is 38.9. The molecule has 8 atom stereocenters. The first-order chi connectivity index (χ1) is 30.2. The topological polar surface area (TPSA) is 290 Å². The highest BCUT2D eigenvalue weighted by molar-refractivity contribution is 5.96. The van der Waals surface area contributed by atoms with Crippen LogP contribution in [0.3, 0.4) is 0 Å². The summed E-state index contributed by atoms with van der Waals surface area (Å²) in [7, 11) is 5.62. The molecule has 0 bridgehead atoms. The van der Waals surface area contributed by atoms with Crippen LogP contribution in [0.2, 0.25) is 0 Å². The highest BCUT2D eigenvalue weighted by Crippen LogP contribution is 2.21. The van der Waals surface area contributed by atoms with Crippen molar-refractivity contribution < 1.29 is 47.9 Å². The summed E-state index contributed by atoms with van der Waals surface area (Å²) < 4.78 is 0. The quantitative estimate of drug-likeness (QED) is 0.161. The second-order valence-corrected chi connectivity index (χ2v) is 17.4. The van der Waals surface area contributed by atoms with Crippen molar-refractivity contribution in [1.29, 1.82) is 0 Å². The van der Waals surface area contributed by atoms with Gasteiger partial charge in [0.15, 0.2) is 0 Å². The fraction of sp³-hybridized carbons (Fsp3) is 0.762. The maximum atomic E-state index is 13.7. The lowest BCUT2D eigenvalue weighted by Gasteiger charge is -2.37. The summed E-state index contributed by atoms with van der Waals surface area (Å²) in [5.74, 6) is -6.59. The van der Waals surface area contributed by atoms with Gasteiger partial charge in [-0.25, -0.2) is 0 Å². The Balaban J connectivity index is 1.89. The number of nitrogens with zero attached hydrogens (tertiary/aromatic N) is 6. The Morgan fingerprint density at radius 3 is 1.19 bits per heavy atom. The average Bonchev–Trinajstić information content (AvgIpc) is 3.29. The van der Waals surface area contributed by atoms with Crippen LogP contribution >= 0.6 is 0 Å². The second-order valence-electron chi connectivity index (χ2n) is 17.4. The molecule has 8 N–H and O–H groups in total. The van der Waals surface area contributed by atoms with Crippen molar-refractivity contribution >= 4 is 59.1 Å². The number of hydrogen-bond donors (Lipinski definition) is 6. The van der Waals surface area contributed by atoms with Gasteiger partial charge >= 0.3 is 0 Å². The molecule has 3 heterocycles. The lowest BCUT2D eigenvalue weighted by atomic mass is 9.96. The van der Waals surface area contributed by atoms with E-state index in [2.05, 4.69) is 21.3 Å². The number of nitrogens with two attached hydrogens (primary N) is 2. The molecule has 0 saturated carbocycles. The Hall–Kier alpha value is -5.38. The summed E-state index contributed by atoms with van der Waals surface area (Å²) in [6.45, 7) is 5.21. The standard InChI is InChI=1S/C42H72N12O10/c1-9-25(3)35-39(61)45-19-27(43)41(63)53-17-13-11-15-29(53)37(59)48-22-32(56)50(6)24-34(58)52(8)36(26(4)10-2)40(62)46-20-28(44)42(64)54-18-14-12-16-30(54)38(60)47-21-31(55)49(5)23-33(57)51(35)7/h25-30,35-36H,9-24,43-44H2,1-8H3,(H,45,61)(H,46,62)(H,47,60)(H,48,59)/t25-,26-,27+,28+,29-,30-,35-,36-/m0/s1. The van der Waals surface area contributed by atoms with Gasteiger partial charge in [-0.3, -0.25) is 47.9 Å². The first-order valence-electron chi connectivity index (χ1n) is 22.4. The van der Waals surface area contributed by atoms with Crippen molar-refractivity contribution in [2.24, 2.45) is 23.3 Å². The van der Waals surface area contributed by atoms with Crippen LogP contribution in [-0.4, -0.2) is 205 Å². The number of carbonyl (C=O) groups excluding carboxylic acids is 10. The molecule has 0 aromatic rings. The SMILES string of the molecule is CC[C@H](C)[C@H]1C(=O)NC[C@@H](N)C(=O)N2CCCC[C@H]2C(=O)NCC(=O)N(C)CC(=O)N(C)[C@@H]([C@@H](C)CC)C(=O)NC[C@@H](N)C(=O)N2CCCC[C@H]2C(=O)NCC(=O)N(C)CC(=O)N1C. The third kappa shape index (κ3) is 13.8. The van der Waals surface area contributed by atoms with Gasteiger partial charge in [-0.1, -0.05) is 40.5 Å². The average molecular weight is 905 g/mol. The Kier molecular flexibility index (Phi) is 20.4. The van der Waals surface area contributed by atoms with Gasteiger partial charge in [-0.2, -0.15) is 0 Å². The van der Waals surface area contributed by atoms with Gasteiger partial charge in [0.05, 0.1) is 26.2 Å². The van der Waals surface area contributed by atoms with E-state index >= 15 is 0 Å². The van der Waals surface area contributed by atoms with Crippen LogP contribution < -0.4 is 32.7 Å². The van der Waals surface area contributed by atoms with Crippen LogP contribution in [0.25, 0.3) is 0 Å². The number of hydrogen-bond acceptors (Lipinski definition) is 12. The fourth-order valence-corrected chi connectivity index (χ4v) is 8.19. The van der Waals surface area contributed by atoms with Crippen molar-refractivity contribution in [3.8, 4) is 0 Å². The molecule has 360 valence electrons. The predicted molar refractivity (Wildman–Crippen MR) is 234 cm³/mol. The largest absolute Gasteiger partial charge is 0.352 e. The van der Waals surface area contributed by atoms with E-state index in [-0.39, 0.29) is 38.0 Å². The van der Waals surface area contributed by atoms with Crippen molar-refractivity contribution in [2.75, 3.05) is 80.5 Å². The summed E-state index contributed by atoms with van der Waals surface area (Å²) in [4.78, 5) is 142. The zero-order valence-corrected chi connectivity index (χ0v) is 38.9. The van der Waals surface area contributed by atoms with E-state index in [0.717, 1.165) is 9.80 Å². The van der Waals surface area contributed by atoms with E-state index in [4.69, 9.17) is 11.5 Å². The van der Waals surface area contributed by atoms with Crippen LogP contribution in [0.15, 0.2) is 0 Å². The predicted octanol–water partition coefficient (Wildman–Crippen LogP) is -3.46. The highest BCUT2D eigenvalue weighted by atomic mass is 16.2. The van der Waals surface area contributed by atoms with Crippen LogP contribution in [-0.2, 0) is 47.9 Å². The van der Waals surface area contributed by atoms with Gasteiger partial charge < -0.3 is 62.1 Å². The lowest BCUT2D eigenvalue weighted by molar-refractivity contribution is -0.146. The summed E-state index contributed by atoms with van der Waals surface area (Å²) in [5, 5.41) is 10.5. The van der Waals surface area contributed by atoms with Gasteiger partial charge in [0.25, 0.3) is 0 Å². The Morgan fingerprint density at radius 1 is 0.516 bits per heavy atom. The molecule has 22 nitrogen and oxygen atoms in total. The molecule has 3 saturated heterocycles. The van der Waals surface area contributed by atoms with Gasteiger partial charge in [-0.05, 0) is 50.4 Å². The summed E-state index contributed by atoms with van der Waals surface area (Å²) in [6, 6.07) is -6.42. The second kappa shape index (κ2) is 24.6. The molecule has 3 aliphatic rings. The molecule has 10 amide bonds. The zero-order chi connectivity index (χ0) is 48.0. The number of carbonyl (C=O) groups is 10. The molecule has 0 radical (unpaired) electrons. The number of fused-ring (bicyclic) bond motifs is 2. The van der Waals surface area contributed by atoms with E-state index in [1.54, 1.807) is 13.8 Å². The molecule has 64 heavy (non-hydrogen) atoms. The maximum Gasteiger partial charge on any atom is 0.243 e. The van der Waals surface area contributed by atoms with Crippen LogP contribution in [0.5, 0.6) is 0 Å². The normalized spacial score (nSPS) is 28.2. The molecule has 0 aromatic carbocycles. The van der Waals surface area contributed by atoms with Crippen LogP contribution in [0, 0.1) is 11.8 Å². The lowest BCUT2D eigenvalue weighted by Crippen LogP contribution is -2.60.